The molecule has 3 nitrogen and oxygen atoms in total. The highest BCUT2D eigenvalue weighted by atomic mass is 35.5. The Kier molecular flexibility index (Phi) is 3.77. The highest BCUT2D eigenvalue weighted by Gasteiger charge is 2.17. The number of halogens is 1. The number of benzene rings is 1. The quantitative estimate of drug-likeness (QED) is 0.818. The zero-order chi connectivity index (χ0) is 14.2. The normalized spacial score (nSPS) is 13.9. The molecule has 1 unspecified atom stereocenters. The van der Waals surface area contributed by atoms with E-state index >= 15 is 0 Å². The molecule has 2 rings (SSSR count). The maximum absolute atomic E-state index is 6.00. The average molecular weight is 280 g/mol. The maximum atomic E-state index is 6.00. The summed E-state index contributed by atoms with van der Waals surface area (Å²) in [7, 11) is 0. The van der Waals surface area contributed by atoms with E-state index in [1.165, 1.54) is 6.42 Å². The van der Waals surface area contributed by atoms with Gasteiger partial charge in [0.05, 0.1) is 11.2 Å². The van der Waals surface area contributed by atoms with Crippen molar-refractivity contribution in [2.24, 2.45) is 11.3 Å². The van der Waals surface area contributed by atoms with Crippen molar-refractivity contribution < 1.29 is 0 Å². The van der Waals surface area contributed by atoms with Crippen molar-refractivity contribution >= 4 is 28.3 Å². The zero-order valence-corrected chi connectivity index (χ0v) is 12.8. The second-order valence-corrected chi connectivity index (χ2v) is 7.09. The van der Waals surface area contributed by atoms with Gasteiger partial charge >= 0.3 is 0 Å². The lowest BCUT2D eigenvalue weighted by Gasteiger charge is -2.22. The summed E-state index contributed by atoms with van der Waals surface area (Å²) in [6.45, 7) is 9.05. The molecule has 1 aromatic heterocycles. The fraction of sp³-hybridized carbons (Fsp3) is 0.533. The first-order valence-corrected chi connectivity index (χ1v) is 7.06. The van der Waals surface area contributed by atoms with Crippen molar-refractivity contribution in [2.45, 2.75) is 40.5 Å². The van der Waals surface area contributed by atoms with Crippen LogP contribution in [0.2, 0.25) is 5.02 Å². The first kappa shape index (κ1) is 14.2. The van der Waals surface area contributed by atoms with E-state index < -0.39 is 0 Å². The number of fused-ring (bicyclic) bond motifs is 1. The molecule has 0 aliphatic carbocycles. The summed E-state index contributed by atoms with van der Waals surface area (Å²) in [5.74, 6) is 1.57. The number of nitrogens with one attached hydrogen (secondary N) is 1. The van der Waals surface area contributed by atoms with Crippen LogP contribution in [0.1, 0.15) is 39.9 Å². The molecule has 0 bridgehead atoms. The summed E-state index contributed by atoms with van der Waals surface area (Å²) in [6, 6.07) is 3.62. The molecule has 4 heteroatoms. The van der Waals surface area contributed by atoms with Crippen molar-refractivity contribution in [3.05, 3.63) is 23.0 Å². The number of nitrogens with two attached hydrogens (primary N) is 1. The van der Waals surface area contributed by atoms with Crippen LogP contribution in [0.3, 0.4) is 0 Å². The van der Waals surface area contributed by atoms with E-state index in [9.17, 15) is 0 Å². The van der Waals surface area contributed by atoms with E-state index in [0.717, 1.165) is 23.3 Å². The SMILES string of the molecule is CC(Cc1nc2c(N)cc(Cl)cc2[nH]1)CC(C)(C)C. The number of nitrogen functional groups attached to an aromatic ring is 1. The molecule has 0 saturated heterocycles. The Morgan fingerprint density at radius 2 is 2.05 bits per heavy atom. The van der Waals surface area contributed by atoms with Gasteiger partial charge in [-0.05, 0) is 29.9 Å². The molecule has 0 aliphatic rings. The van der Waals surface area contributed by atoms with E-state index in [-0.39, 0.29) is 0 Å². The summed E-state index contributed by atoms with van der Waals surface area (Å²) < 4.78 is 0. The van der Waals surface area contributed by atoms with Gasteiger partial charge in [0.1, 0.15) is 11.3 Å². The van der Waals surface area contributed by atoms with E-state index in [4.69, 9.17) is 17.3 Å². The van der Waals surface area contributed by atoms with Crippen LogP contribution in [0, 0.1) is 11.3 Å². The van der Waals surface area contributed by atoms with Crippen molar-refractivity contribution in [2.75, 3.05) is 5.73 Å². The minimum Gasteiger partial charge on any atom is -0.397 e. The van der Waals surface area contributed by atoms with Gasteiger partial charge in [-0.15, -0.1) is 0 Å². The standard InChI is InChI=1S/C15H22ClN3/c1-9(8-15(2,3)4)5-13-18-12-7-10(16)6-11(17)14(12)19-13/h6-7,9H,5,8,17H2,1-4H3,(H,18,19). The average Bonchev–Trinajstić information content (AvgIpc) is 2.56. The lowest BCUT2D eigenvalue weighted by molar-refractivity contribution is 0.304. The molecule has 0 spiro atoms. The molecule has 19 heavy (non-hydrogen) atoms. The van der Waals surface area contributed by atoms with Gasteiger partial charge in [0, 0.05) is 11.4 Å². The maximum Gasteiger partial charge on any atom is 0.112 e. The van der Waals surface area contributed by atoms with Gasteiger partial charge in [0.15, 0.2) is 0 Å². The fourth-order valence-electron chi connectivity index (χ4n) is 2.70. The molecule has 0 saturated carbocycles. The summed E-state index contributed by atoms with van der Waals surface area (Å²) in [6.07, 6.45) is 2.10. The Morgan fingerprint density at radius 3 is 2.68 bits per heavy atom. The molecule has 0 amide bonds. The van der Waals surface area contributed by atoms with E-state index in [2.05, 4.69) is 37.7 Å². The number of H-pyrrole nitrogens is 1. The van der Waals surface area contributed by atoms with Gasteiger partial charge in [-0.2, -0.15) is 0 Å². The molecule has 0 fully saturated rings. The van der Waals surface area contributed by atoms with Crippen LogP contribution in [0.25, 0.3) is 11.0 Å². The number of hydrogen-bond donors (Lipinski definition) is 2. The van der Waals surface area contributed by atoms with Crippen LogP contribution < -0.4 is 5.73 Å². The zero-order valence-electron chi connectivity index (χ0n) is 12.0. The molecule has 1 heterocycles. The molecular formula is C15H22ClN3. The van der Waals surface area contributed by atoms with E-state index in [1.54, 1.807) is 6.07 Å². The molecule has 2 aromatic rings. The highest BCUT2D eigenvalue weighted by molar-refractivity contribution is 6.31. The topological polar surface area (TPSA) is 54.7 Å². The summed E-state index contributed by atoms with van der Waals surface area (Å²) >= 11 is 6.00. The van der Waals surface area contributed by atoms with Gasteiger partial charge in [-0.1, -0.05) is 39.3 Å². The van der Waals surface area contributed by atoms with Crippen molar-refractivity contribution in [3.8, 4) is 0 Å². The van der Waals surface area contributed by atoms with Gasteiger partial charge < -0.3 is 10.7 Å². The second-order valence-electron chi connectivity index (χ2n) is 6.65. The fourth-order valence-corrected chi connectivity index (χ4v) is 2.93. The molecule has 3 N–H and O–H groups in total. The summed E-state index contributed by atoms with van der Waals surface area (Å²) in [5.41, 5.74) is 8.65. The highest BCUT2D eigenvalue weighted by Crippen LogP contribution is 2.28. The van der Waals surface area contributed by atoms with Crippen LogP contribution in [-0.4, -0.2) is 9.97 Å². The third-order valence-electron chi connectivity index (χ3n) is 3.13. The van der Waals surface area contributed by atoms with Crippen LogP contribution >= 0.6 is 11.6 Å². The first-order valence-electron chi connectivity index (χ1n) is 6.68. The molecule has 104 valence electrons. The third-order valence-corrected chi connectivity index (χ3v) is 3.35. The van der Waals surface area contributed by atoms with Crippen LogP contribution in [0.15, 0.2) is 12.1 Å². The lowest BCUT2D eigenvalue weighted by Crippen LogP contribution is -2.13. The van der Waals surface area contributed by atoms with Crippen molar-refractivity contribution in [1.29, 1.82) is 0 Å². The third kappa shape index (κ3) is 3.63. The van der Waals surface area contributed by atoms with Gasteiger partial charge in [-0.3, -0.25) is 0 Å². The predicted molar refractivity (Wildman–Crippen MR) is 82.5 cm³/mol. The van der Waals surface area contributed by atoms with Crippen LogP contribution in [-0.2, 0) is 6.42 Å². The Morgan fingerprint density at radius 1 is 1.37 bits per heavy atom. The van der Waals surface area contributed by atoms with Crippen molar-refractivity contribution in [1.82, 2.24) is 9.97 Å². The number of nitrogens with zero attached hydrogens (tertiary/aromatic N) is 1. The van der Waals surface area contributed by atoms with E-state index in [0.29, 0.717) is 22.0 Å². The summed E-state index contributed by atoms with van der Waals surface area (Å²) in [5, 5.41) is 0.642. The first-order chi connectivity index (χ1) is 8.74. The molecule has 1 atom stereocenters. The van der Waals surface area contributed by atoms with E-state index in [1.807, 2.05) is 6.07 Å². The second kappa shape index (κ2) is 5.04. The van der Waals surface area contributed by atoms with Gasteiger partial charge in [0.2, 0.25) is 0 Å². The van der Waals surface area contributed by atoms with Crippen LogP contribution in [0.4, 0.5) is 5.69 Å². The van der Waals surface area contributed by atoms with Gasteiger partial charge in [0.25, 0.3) is 0 Å². The lowest BCUT2D eigenvalue weighted by atomic mass is 9.84. The minimum absolute atomic E-state index is 0.341. The number of anilines is 1. The number of imidazole rings is 1. The number of aromatic amines is 1. The Labute approximate surface area is 119 Å². The molecule has 1 aromatic carbocycles. The van der Waals surface area contributed by atoms with Gasteiger partial charge in [-0.25, -0.2) is 4.98 Å². The molecule has 0 radical (unpaired) electrons. The largest absolute Gasteiger partial charge is 0.397 e. The Bertz CT molecular complexity index is 581. The monoisotopic (exact) mass is 279 g/mol. The smallest absolute Gasteiger partial charge is 0.112 e. The predicted octanol–water partition coefficient (Wildman–Crippen LogP) is 4.41. The molecular weight excluding hydrogens is 258 g/mol. The summed E-state index contributed by atoms with van der Waals surface area (Å²) in [4.78, 5) is 7.90. The number of aromatic nitrogens is 2. The molecule has 0 aliphatic heterocycles. The number of hydrogen-bond acceptors (Lipinski definition) is 2. The Balaban J connectivity index is 2.20. The number of rotatable bonds is 3. The van der Waals surface area contributed by atoms with Crippen LogP contribution in [0.5, 0.6) is 0 Å². The Hall–Kier alpha value is -1.22. The van der Waals surface area contributed by atoms with Crippen molar-refractivity contribution in [3.63, 3.8) is 0 Å². The minimum atomic E-state index is 0.341.